The molecule has 0 saturated carbocycles. The van der Waals surface area contributed by atoms with Crippen LogP contribution in [0.25, 0.3) is 11.2 Å². The van der Waals surface area contributed by atoms with Crippen LogP contribution >= 0.6 is 0 Å². The number of nitrogens with one attached hydrogen (secondary N) is 2. The Hall–Kier alpha value is -1.62. The van der Waals surface area contributed by atoms with Gasteiger partial charge in [-0.1, -0.05) is 13.8 Å². The Bertz CT molecular complexity index is 503. The third-order valence-electron chi connectivity index (χ3n) is 3.03. The van der Waals surface area contributed by atoms with Gasteiger partial charge >= 0.3 is 0 Å². The van der Waals surface area contributed by atoms with Gasteiger partial charge < -0.3 is 16.0 Å². The summed E-state index contributed by atoms with van der Waals surface area (Å²) >= 11 is 0. The van der Waals surface area contributed by atoms with Crippen molar-refractivity contribution in [1.82, 2.24) is 15.0 Å². The van der Waals surface area contributed by atoms with E-state index in [1.165, 1.54) is 0 Å². The van der Waals surface area contributed by atoms with Crippen LogP contribution in [0, 0.1) is 5.92 Å². The predicted molar refractivity (Wildman–Crippen MR) is 70.1 cm³/mol. The van der Waals surface area contributed by atoms with E-state index in [1.54, 1.807) is 0 Å². The molecule has 0 bridgehead atoms. The van der Waals surface area contributed by atoms with E-state index in [1.807, 2.05) is 19.2 Å². The number of H-pyrrole nitrogens is 1. The van der Waals surface area contributed by atoms with Crippen molar-refractivity contribution in [2.45, 2.75) is 19.8 Å². The van der Waals surface area contributed by atoms with Gasteiger partial charge in [-0.15, -0.1) is 0 Å². The third-order valence-corrected chi connectivity index (χ3v) is 3.03. The summed E-state index contributed by atoms with van der Waals surface area (Å²) in [5, 5.41) is 3.00. The van der Waals surface area contributed by atoms with E-state index in [0.29, 0.717) is 12.5 Å². The van der Waals surface area contributed by atoms with Crippen LogP contribution in [0.3, 0.4) is 0 Å². The van der Waals surface area contributed by atoms with Crippen LogP contribution in [-0.4, -0.2) is 28.5 Å². The second-order valence-corrected chi connectivity index (χ2v) is 4.53. The smallest absolute Gasteiger partial charge is 0.179 e. The summed E-state index contributed by atoms with van der Waals surface area (Å²) in [7, 11) is 1.85. The van der Waals surface area contributed by atoms with Crippen LogP contribution in [0.15, 0.2) is 12.1 Å². The number of nitrogens with two attached hydrogens (primary N) is 1. The molecule has 0 aromatic carbocycles. The van der Waals surface area contributed by atoms with E-state index in [4.69, 9.17) is 5.73 Å². The fraction of sp³-hybridized carbons (Fsp3) is 0.500. The van der Waals surface area contributed by atoms with Crippen LogP contribution in [-0.2, 0) is 0 Å². The van der Waals surface area contributed by atoms with Crippen molar-refractivity contribution in [2.75, 3.05) is 18.9 Å². The normalized spacial score (nSPS) is 13.2. The maximum Gasteiger partial charge on any atom is 0.179 e. The summed E-state index contributed by atoms with van der Waals surface area (Å²) in [6, 6.07) is 3.91. The largest absolute Gasteiger partial charge is 0.373 e. The maximum atomic E-state index is 5.79. The van der Waals surface area contributed by atoms with Crippen LogP contribution in [0.1, 0.15) is 25.6 Å². The highest BCUT2D eigenvalue weighted by atomic mass is 15.0. The highest BCUT2D eigenvalue weighted by Crippen LogP contribution is 2.23. The molecule has 2 aromatic heterocycles. The maximum absolute atomic E-state index is 5.79. The second kappa shape index (κ2) is 4.71. The number of aromatic nitrogens is 3. The minimum Gasteiger partial charge on any atom is -0.373 e. The van der Waals surface area contributed by atoms with Crippen molar-refractivity contribution < 1.29 is 0 Å². The molecule has 5 heteroatoms. The summed E-state index contributed by atoms with van der Waals surface area (Å²) in [5.41, 5.74) is 7.49. The lowest BCUT2D eigenvalue weighted by atomic mass is 9.95. The average molecular weight is 233 g/mol. The van der Waals surface area contributed by atoms with Gasteiger partial charge in [0.2, 0.25) is 0 Å². The van der Waals surface area contributed by atoms with Gasteiger partial charge in [-0.2, -0.15) is 0 Å². The number of aromatic amines is 1. The van der Waals surface area contributed by atoms with E-state index in [0.717, 1.165) is 22.8 Å². The molecule has 0 amide bonds. The van der Waals surface area contributed by atoms with Gasteiger partial charge in [-0.05, 0) is 18.1 Å². The molecule has 0 aliphatic heterocycles. The number of rotatable bonds is 4. The number of hydrogen-bond donors (Lipinski definition) is 3. The van der Waals surface area contributed by atoms with E-state index >= 15 is 0 Å². The van der Waals surface area contributed by atoms with Gasteiger partial charge in [-0.25, -0.2) is 9.97 Å². The van der Waals surface area contributed by atoms with E-state index in [2.05, 4.69) is 34.1 Å². The Labute approximate surface area is 101 Å². The molecule has 1 atom stereocenters. The number of imidazole rings is 1. The third kappa shape index (κ3) is 2.24. The molecule has 2 rings (SSSR count). The van der Waals surface area contributed by atoms with Gasteiger partial charge in [-0.3, -0.25) is 0 Å². The van der Waals surface area contributed by atoms with E-state index in [9.17, 15) is 0 Å². The van der Waals surface area contributed by atoms with Crippen molar-refractivity contribution >= 4 is 17.0 Å². The van der Waals surface area contributed by atoms with Crippen LogP contribution in [0.4, 0.5) is 5.82 Å². The summed E-state index contributed by atoms with van der Waals surface area (Å²) in [6.07, 6.45) is 0. The lowest BCUT2D eigenvalue weighted by Crippen LogP contribution is -2.18. The fourth-order valence-electron chi connectivity index (χ4n) is 1.93. The first kappa shape index (κ1) is 11.9. The quantitative estimate of drug-likeness (QED) is 0.751. The summed E-state index contributed by atoms with van der Waals surface area (Å²) < 4.78 is 0. The Kier molecular flexibility index (Phi) is 3.28. The predicted octanol–water partition coefficient (Wildman–Crippen LogP) is 1.70. The first-order chi connectivity index (χ1) is 8.15. The molecule has 2 heterocycles. The molecule has 0 fully saturated rings. The number of fused-ring (bicyclic) bond motifs is 1. The number of pyridine rings is 1. The van der Waals surface area contributed by atoms with Gasteiger partial charge in [0.05, 0.1) is 5.52 Å². The molecule has 5 nitrogen and oxygen atoms in total. The molecule has 0 aliphatic carbocycles. The van der Waals surface area contributed by atoms with Crippen LogP contribution in [0.5, 0.6) is 0 Å². The summed E-state index contributed by atoms with van der Waals surface area (Å²) in [5.74, 6) is 2.47. The highest BCUT2D eigenvalue weighted by Gasteiger charge is 2.18. The Morgan fingerprint density at radius 1 is 1.35 bits per heavy atom. The minimum atomic E-state index is 0.252. The molecular weight excluding hydrogens is 214 g/mol. The van der Waals surface area contributed by atoms with Crippen molar-refractivity contribution in [1.29, 1.82) is 0 Å². The summed E-state index contributed by atoms with van der Waals surface area (Å²) in [4.78, 5) is 12.2. The second-order valence-electron chi connectivity index (χ2n) is 4.53. The van der Waals surface area contributed by atoms with Gasteiger partial charge in [0, 0.05) is 19.5 Å². The average Bonchev–Trinajstić information content (AvgIpc) is 2.71. The van der Waals surface area contributed by atoms with Crippen molar-refractivity contribution in [3.8, 4) is 0 Å². The molecule has 0 saturated heterocycles. The molecule has 0 radical (unpaired) electrons. The zero-order valence-electron chi connectivity index (χ0n) is 10.5. The molecule has 1 unspecified atom stereocenters. The number of hydrogen-bond acceptors (Lipinski definition) is 4. The monoisotopic (exact) mass is 233 g/mol. The molecule has 92 valence electrons. The van der Waals surface area contributed by atoms with Gasteiger partial charge in [0.25, 0.3) is 0 Å². The molecule has 4 N–H and O–H groups in total. The topological polar surface area (TPSA) is 79.6 Å². The number of nitrogens with zero attached hydrogens (tertiary/aromatic N) is 2. The van der Waals surface area contributed by atoms with Gasteiger partial charge in [0.1, 0.15) is 11.6 Å². The lowest BCUT2D eigenvalue weighted by molar-refractivity contribution is 0.488. The summed E-state index contributed by atoms with van der Waals surface area (Å²) in [6.45, 7) is 4.89. The molecule has 0 spiro atoms. The molecule has 0 aliphatic rings. The molecular formula is C12H19N5. The van der Waals surface area contributed by atoms with Crippen LogP contribution < -0.4 is 11.1 Å². The Morgan fingerprint density at radius 3 is 2.71 bits per heavy atom. The van der Waals surface area contributed by atoms with Crippen molar-refractivity contribution in [2.24, 2.45) is 11.7 Å². The van der Waals surface area contributed by atoms with E-state index in [-0.39, 0.29) is 5.92 Å². The molecule has 17 heavy (non-hydrogen) atoms. The van der Waals surface area contributed by atoms with Crippen molar-refractivity contribution in [3.05, 3.63) is 18.0 Å². The lowest BCUT2D eigenvalue weighted by Gasteiger charge is -2.15. The SMILES string of the molecule is CNc1ccc2[nH]c(C(CN)C(C)C)nc2n1. The van der Waals surface area contributed by atoms with Crippen LogP contribution in [0.2, 0.25) is 0 Å². The fourth-order valence-corrected chi connectivity index (χ4v) is 1.93. The first-order valence-electron chi connectivity index (χ1n) is 5.90. The Morgan fingerprint density at radius 2 is 2.12 bits per heavy atom. The van der Waals surface area contributed by atoms with Gasteiger partial charge in [0.15, 0.2) is 5.65 Å². The van der Waals surface area contributed by atoms with Crippen molar-refractivity contribution in [3.63, 3.8) is 0 Å². The first-order valence-corrected chi connectivity index (χ1v) is 5.90. The highest BCUT2D eigenvalue weighted by molar-refractivity contribution is 5.73. The molecule has 2 aromatic rings. The minimum absolute atomic E-state index is 0.252. The zero-order chi connectivity index (χ0) is 12.4. The van der Waals surface area contributed by atoms with E-state index < -0.39 is 0 Å². The standard InChI is InChI=1S/C12H19N5/c1-7(2)8(6-13)11-15-9-4-5-10(14-3)16-12(9)17-11/h4-5,7-8H,6,13H2,1-3H3,(H2,14,15,16,17). The zero-order valence-corrected chi connectivity index (χ0v) is 10.5. The number of anilines is 1. The Balaban J connectivity index is 2.43.